The number of carbonyl (C=O) groups excluding carboxylic acids is 1. The van der Waals surface area contributed by atoms with Gasteiger partial charge in [0.1, 0.15) is 5.82 Å². The van der Waals surface area contributed by atoms with Crippen LogP contribution in [0.15, 0.2) is 18.2 Å². The average Bonchev–Trinajstić information content (AvgIpc) is 2.37. The Morgan fingerprint density at radius 2 is 1.75 bits per heavy atom. The van der Waals surface area contributed by atoms with Gasteiger partial charge in [-0.05, 0) is 67.7 Å². The number of carbonyl (C=O) groups is 1. The number of ketones is 1. The van der Waals surface area contributed by atoms with Gasteiger partial charge in [0.25, 0.3) is 0 Å². The summed E-state index contributed by atoms with van der Waals surface area (Å²) in [7, 11) is 0. The molecule has 0 aliphatic heterocycles. The van der Waals surface area contributed by atoms with Crippen LogP contribution in [0.4, 0.5) is 4.39 Å². The average molecular weight is 276 g/mol. The molecular formula is C18H25FO. The zero-order valence-corrected chi connectivity index (χ0v) is 13.0. The summed E-state index contributed by atoms with van der Waals surface area (Å²) < 4.78 is 13.1. The Balaban J connectivity index is 2.05. The molecule has 1 aliphatic rings. The number of halogens is 1. The first-order chi connectivity index (χ1) is 9.29. The molecule has 110 valence electrons. The first-order valence-corrected chi connectivity index (χ1v) is 7.59. The second-order valence-corrected chi connectivity index (χ2v) is 7.24. The highest BCUT2D eigenvalue weighted by atomic mass is 19.1. The van der Waals surface area contributed by atoms with Gasteiger partial charge in [0.15, 0.2) is 5.78 Å². The molecule has 20 heavy (non-hydrogen) atoms. The van der Waals surface area contributed by atoms with Crippen LogP contribution in [-0.2, 0) is 0 Å². The lowest BCUT2D eigenvalue weighted by Gasteiger charge is -2.36. The van der Waals surface area contributed by atoms with Crippen molar-refractivity contribution in [2.45, 2.75) is 53.4 Å². The molecule has 1 fully saturated rings. The van der Waals surface area contributed by atoms with Crippen LogP contribution in [-0.4, -0.2) is 5.78 Å². The summed E-state index contributed by atoms with van der Waals surface area (Å²) in [5.41, 5.74) is 1.79. The molecule has 1 nitrogen and oxygen atoms in total. The predicted octanol–water partition coefficient (Wildman–Crippen LogP) is 5.17. The Hall–Kier alpha value is -1.18. The summed E-state index contributed by atoms with van der Waals surface area (Å²) in [4.78, 5) is 12.6. The molecule has 0 amide bonds. The Morgan fingerprint density at radius 3 is 2.25 bits per heavy atom. The minimum atomic E-state index is -0.268. The number of hydrogen-bond acceptors (Lipinski definition) is 1. The van der Waals surface area contributed by atoms with Crippen molar-refractivity contribution < 1.29 is 9.18 Å². The second-order valence-electron chi connectivity index (χ2n) is 7.24. The first kappa shape index (κ1) is 15.2. The van der Waals surface area contributed by atoms with E-state index in [1.165, 1.54) is 12.1 Å². The maximum atomic E-state index is 13.1. The smallest absolute Gasteiger partial charge is 0.166 e. The van der Waals surface area contributed by atoms with E-state index in [-0.39, 0.29) is 17.5 Å². The number of benzene rings is 1. The van der Waals surface area contributed by atoms with Crippen LogP contribution in [0.1, 0.15) is 62.4 Å². The Morgan fingerprint density at radius 1 is 1.15 bits per heavy atom. The molecule has 0 bridgehead atoms. The van der Waals surface area contributed by atoms with E-state index in [1.54, 1.807) is 6.07 Å². The highest BCUT2D eigenvalue weighted by Crippen LogP contribution is 2.40. The van der Waals surface area contributed by atoms with E-state index >= 15 is 0 Å². The highest BCUT2D eigenvalue weighted by Gasteiger charge is 2.32. The van der Waals surface area contributed by atoms with Crippen molar-refractivity contribution in [1.82, 2.24) is 0 Å². The fraction of sp³-hybridized carbons (Fsp3) is 0.611. The molecule has 0 spiro atoms. The van der Waals surface area contributed by atoms with Gasteiger partial charge in [-0.3, -0.25) is 4.79 Å². The molecule has 0 radical (unpaired) electrons. The van der Waals surface area contributed by atoms with Crippen LogP contribution in [0.5, 0.6) is 0 Å². The van der Waals surface area contributed by atoms with Gasteiger partial charge >= 0.3 is 0 Å². The standard InChI is InChI=1S/C18H25FO/c1-12-11-15(19)9-10-16(12)17(20)13-5-7-14(8-6-13)18(2,3)4/h9-11,13-14H,5-8H2,1-4H3. The quantitative estimate of drug-likeness (QED) is 0.681. The lowest BCUT2D eigenvalue weighted by Crippen LogP contribution is -2.29. The number of hydrogen-bond donors (Lipinski definition) is 0. The predicted molar refractivity (Wildman–Crippen MR) is 80.4 cm³/mol. The second kappa shape index (κ2) is 5.67. The molecule has 0 unspecified atom stereocenters. The Kier molecular flexibility index (Phi) is 4.31. The van der Waals surface area contributed by atoms with Crippen LogP contribution in [0, 0.1) is 30.0 Å². The van der Waals surface area contributed by atoms with Crippen molar-refractivity contribution in [2.75, 3.05) is 0 Å². The molecule has 1 aromatic rings. The molecule has 1 aromatic carbocycles. The third-order valence-corrected chi connectivity index (χ3v) is 4.78. The molecule has 0 heterocycles. The number of Topliss-reactive ketones (excluding diaryl/α,β-unsaturated/α-hetero) is 1. The maximum Gasteiger partial charge on any atom is 0.166 e. The Bertz CT molecular complexity index is 491. The van der Waals surface area contributed by atoms with Crippen molar-refractivity contribution in [3.05, 3.63) is 35.1 Å². The molecule has 1 saturated carbocycles. The lowest BCUT2D eigenvalue weighted by atomic mass is 9.68. The molecule has 0 aromatic heterocycles. The normalized spacial score (nSPS) is 23.6. The molecule has 0 atom stereocenters. The zero-order valence-electron chi connectivity index (χ0n) is 13.0. The SMILES string of the molecule is Cc1cc(F)ccc1C(=O)C1CCC(C(C)(C)C)CC1. The summed E-state index contributed by atoms with van der Waals surface area (Å²) in [5, 5.41) is 0. The Labute approximate surface area is 121 Å². The lowest BCUT2D eigenvalue weighted by molar-refractivity contribution is 0.0819. The van der Waals surface area contributed by atoms with Crippen molar-refractivity contribution in [3.63, 3.8) is 0 Å². The number of aryl methyl sites for hydroxylation is 1. The largest absolute Gasteiger partial charge is 0.294 e. The molecule has 0 saturated heterocycles. The van der Waals surface area contributed by atoms with Crippen molar-refractivity contribution in [3.8, 4) is 0 Å². The molecular weight excluding hydrogens is 251 g/mol. The van der Waals surface area contributed by atoms with Gasteiger partial charge < -0.3 is 0 Å². The minimum Gasteiger partial charge on any atom is -0.294 e. The monoisotopic (exact) mass is 276 g/mol. The minimum absolute atomic E-state index is 0.123. The van der Waals surface area contributed by atoms with Gasteiger partial charge in [-0.25, -0.2) is 4.39 Å². The fourth-order valence-electron chi connectivity index (χ4n) is 3.35. The van der Waals surface area contributed by atoms with E-state index in [4.69, 9.17) is 0 Å². The zero-order chi connectivity index (χ0) is 14.9. The van der Waals surface area contributed by atoms with Gasteiger partial charge in [-0.15, -0.1) is 0 Å². The third kappa shape index (κ3) is 3.28. The molecule has 1 aliphatic carbocycles. The van der Waals surface area contributed by atoms with Crippen molar-refractivity contribution in [1.29, 1.82) is 0 Å². The van der Waals surface area contributed by atoms with E-state index in [0.717, 1.165) is 31.2 Å². The van der Waals surface area contributed by atoms with E-state index in [9.17, 15) is 9.18 Å². The van der Waals surface area contributed by atoms with Crippen molar-refractivity contribution >= 4 is 5.78 Å². The highest BCUT2D eigenvalue weighted by molar-refractivity contribution is 5.99. The van der Waals surface area contributed by atoms with E-state index in [0.29, 0.717) is 16.9 Å². The van der Waals surface area contributed by atoms with E-state index < -0.39 is 0 Å². The van der Waals surface area contributed by atoms with E-state index in [1.807, 2.05) is 6.92 Å². The maximum absolute atomic E-state index is 13.1. The summed E-state index contributed by atoms with van der Waals surface area (Å²) in [5.74, 6) is 0.768. The van der Waals surface area contributed by atoms with Crippen LogP contribution in [0.2, 0.25) is 0 Å². The van der Waals surface area contributed by atoms with Gasteiger partial charge in [0, 0.05) is 11.5 Å². The summed E-state index contributed by atoms with van der Waals surface area (Å²) >= 11 is 0. The van der Waals surface area contributed by atoms with Crippen molar-refractivity contribution in [2.24, 2.45) is 17.3 Å². The molecule has 2 rings (SSSR count). The van der Waals surface area contributed by atoms with Gasteiger partial charge in [0.2, 0.25) is 0 Å². The fourth-order valence-corrected chi connectivity index (χ4v) is 3.35. The van der Waals surface area contributed by atoms with Gasteiger partial charge in [-0.1, -0.05) is 20.8 Å². The summed E-state index contributed by atoms with van der Waals surface area (Å²) in [6.45, 7) is 8.66. The van der Waals surface area contributed by atoms with Crippen LogP contribution >= 0.6 is 0 Å². The van der Waals surface area contributed by atoms with Gasteiger partial charge in [0.05, 0.1) is 0 Å². The van der Waals surface area contributed by atoms with Crippen LogP contribution < -0.4 is 0 Å². The third-order valence-electron chi connectivity index (χ3n) is 4.78. The molecule has 0 N–H and O–H groups in total. The number of rotatable bonds is 2. The molecule has 2 heteroatoms. The van der Waals surface area contributed by atoms with Crippen LogP contribution in [0.3, 0.4) is 0 Å². The summed E-state index contributed by atoms with van der Waals surface area (Å²) in [6.07, 6.45) is 4.19. The first-order valence-electron chi connectivity index (χ1n) is 7.59. The van der Waals surface area contributed by atoms with E-state index in [2.05, 4.69) is 20.8 Å². The van der Waals surface area contributed by atoms with Crippen LogP contribution in [0.25, 0.3) is 0 Å². The summed E-state index contributed by atoms with van der Waals surface area (Å²) in [6, 6.07) is 4.48. The van der Waals surface area contributed by atoms with Gasteiger partial charge in [-0.2, -0.15) is 0 Å². The topological polar surface area (TPSA) is 17.1 Å².